The molecule has 0 radical (unpaired) electrons. The van der Waals surface area contributed by atoms with Gasteiger partial charge >= 0.3 is 5.97 Å². The Hall–Kier alpha value is -4.52. The van der Waals surface area contributed by atoms with Crippen molar-refractivity contribution in [2.24, 2.45) is 0 Å². The van der Waals surface area contributed by atoms with Crippen LogP contribution in [-0.4, -0.2) is 30.1 Å². The van der Waals surface area contributed by atoms with E-state index in [2.05, 4.69) is 29.6 Å². The normalized spacial score (nSPS) is 10.8. The molecule has 0 aliphatic heterocycles. The Labute approximate surface area is 245 Å². The molecule has 0 aliphatic carbocycles. The lowest BCUT2D eigenvalue weighted by Gasteiger charge is -2.18. The lowest BCUT2D eigenvalue weighted by atomic mass is 9.94. The Kier molecular flexibility index (Phi) is 11.2. The van der Waals surface area contributed by atoms with Crippen molar-refractivity contribution < 1.29 is 28.2 Å². The van der Waals surface area contributed by atoms with Gasteiger partial charge in [-0.1, -0.05) is 80.3 Å². The van der Waals surface area contributed by atoms with Gasteiger partial charge in [0.25, 0.3) is 5.91 Å². The molecule has 42 heavy (non-hydrogen) atoms. The number of ether oxygens (including phenoxy) is 1. The molecule has 0 unspecified atom stereocenters. The Morgan fingerprint density at radius 3 is 1.83 bits per heavy atom. The summed E-state index contributed by atoms with van der Waals surface area (Å²) in [6, 6.07) is 25.0. The SMILES string of the molecule is O=C(O)COc1c(-c2cccc(F)c2)cc(C(=O)NCCCCCCCCc2ccccc2)cc1-c1cccc(F)c1. The van der Waals surface area contributed by atoms with Crippen LogP contribution >= 0.6 is 0 Å². The summed E-state index contributed by atoms with van der Waals surface area (Å²) in [6.07, 6.45) is 7.48. The highest BCUT2D eigenvalue weighted by atomic mass is 19.1. The molecule has 218 valence electrons. The number of amides is 1. The second-order valence-electron chi connectivity index (χ2n) is 10.2. The molecule has 7 heteroatoms. The predicted octanol–water partition coefficient (Wildman–Crippen LogP) is 8.08. The molecule has 0 aliphatic rings. The number of carboxylic acid groups (broad SMARTS) is 1. The van der Waals surface area contributed by atoms with E-state index in [0.717, 1.165) is 38.5 Å². The van der Waals surface area contributed by atoms with E-state index in [1.165, 1.54) is 48.4 Å². The summed E-state index contributed by atoms with van der Waals surface area (Å²) in [5.74, 6) is -2.42. The van der Waals surface area contributed by atoms with Crippen LogP contribution in [0.4, 0.5) is 8.78 Å². The maximum absolute atomic E-state index is 14.2. The second kappa shape index (κ2) is 15.5. The number of nitrogens with one attached hydrogen (secondary N) is 1. The van der Waals surface area contributed by atoms with Crippen molar-refractivity contribution in [2.75, 3.05) is 13.2 Å². The number of carbonyl (C=O) groups excluding carboxylic acids is 1. The van der Waals surface area contributed by atoms with Crippen molar-refractivity contribution >= 4 is 11.9 Å². The van der Waals surface area contributed by atoms with Crippen LogP contribution in [0.25, 0.3) is 22.3 Å². The van der Waals surface area contributed by atoms with Crippen molar-refractivity contribution in [3.63, 3.8) is 0 Å². The number of unbranched alkanes of at least 4 members (excludes halogenated alkanes) is 5. The lowest BCUT2D eigenvalue weighted by molar-refractivity contribution is -0.139. The number of rotatable bonds is 15. The highest BCUT2D eigenvalue weighted by Gasteiger charge is 2.20. The van der Waals surface area contributed by atoms with Crippen LogP contribution in [0.3, 0.4) is 0 Å². The maximum atomic E-state index is 14.2. The molecule has 0 bridgehead atoms. The molecule has 0 spiro atoms. The molecular weight excluding hydrogens is 536 g/mol. The smallest absolute Gasteiger partial charge is 0.341 e. The van der Waals surface area contributed by atoms with Gasteiger partial charge in [-0.3, -0.25) is 4.79 Å². The number of carbonyl (C=O) groups is 2. The number of hydrogen-bond acceptors (Lipinski definition) is 3. The van der Waals surface area contributed by atoms with E-state index in [1.54, 1.807) is 24.3 Å². The number of carboxylic acids is 1. The first-order chi connectivity index (χ1) is 20.4. The van der Waals surface area contributed by atoms with E-state index in [-0.39, 0.29) is 17.2 Å². The van der Waals surface area contributed by atoms with Gasteiger partial charge in [-0.05, 0) is 72.4 Å². The first-order valence-corrected chi connectivity index (χ1v) is 14.3. The summed E-state index contributed by atoms with van der Waals surface area (Å²) in [4.78, 5) is 24.6. The second-order valence-corrected chi connectivity index (χ2v) is 10.2. The number of hydrogen-bond donors (Lipinski definition) is 2. The Bertz CT molecular complexity index is 1420. The number of benzene rings is 4. The lowest BCUT2D eigenvalue weighted by Crippen LogP contribution is -2.24. The van der Waals surface area contributed by atoms with Crippen LogP contribution in [0, 0.1) is 11.6 Å². The number of aryl methyl sites for hydroxylation is 1. The van der Waals surface area contributed by atoms with Crippen molar-refractivity contribution in [2.45, 2.75) is 44.9 Å². The van der Waals surface area contributed by atoms with Gasteiger partial charge in [0.2, 0.25) is 0 Å². The van der Waals surface area contributed by atoms with Gasteiger partial charge < -0.3 is 15.2 Å². The summed E-state index contributed by atoms with van der Waals surface area (Å²) in [5.41, 5.74) is 3.10. The topological polar surface area (TPSA) is 75.6 Å². The summed E-state index contributed by atoms with van der Waals surface area (Å²) in [7, 11) is 0. The zero-order valence-electron chi connectivity index (χ0n) is 23.5. The van der Waals surface area contributed by atoms with Crippen LogP contribution in [0.15, 0.2) is 91.0 Å². The van der Waals surface area contributed by atoms with E-state index in [0.29, 0.717) is 28.8 Å². The fraction of sp³-hybridized carbons (Fsp3) is 0.257. The molecular formula is C35H35F2NO4. The average Bonchev–Trinajstić information content (AvgIpc) is 2.99. The molecule has 0 atom stereocenters. The third-order valence-electron chi connectivity index (χ3n) is 6.98. The van der Waals surface area contributed by atoms with Crippen LogP contribution in [-0.2, 0) is 11.2 Å². The van der Waals surface area contributed by atoms with Gasteiger partial charge in [0, 0.05) is 23.2 Å². The molecule has 0 saturated carbocycles. The van der Waals surface area contributed by atoms with E-state index in [4.69, 9.17) is 4.74 Å². The molecule has 0 heterocycles. The minimum Gasteiger partial charge on any atom is -0.481 e. The largest absolute Gasteiger partial charge is 0.481 e. The van der Waals surface area contributed by atoms with Crippen LogP contribution in [0.5, 0.6) is 5.75 Å². The molecule has 1 amide bonds. The van der Waals surface area contributed by atoms with Gasteiger partial charge in [-0.2, -0.15) is 0 Å². The summed E-state index contributed by atoms with van der Waals surface area (Å²) < 4.78 is 34.0. The monoisotopic (exact) mass is 571 g/mol. The third kappa shape index (κ3) is 8.99. The van der Waals surface area contributed by atoms with Gasteiger partial charge in [0.15, 0.2) is 6.61 Å². The fourth-order valence-electron chi connectivity index (χ4n) is 4.90. The Balaban J connectivity index is 1.44. The van der Waals surface area contributed by atoms with E-state index in [1.807, 2.05) is 6.07 Å². The molecule has 4 aromatic carbocycles. The van der Waals surface area contributed by atoms with Gasteiger partial charge in [-0.15, -0.1) is 0 Å². The van der Waals surface area contributed by atoms with Crippen molar-refractivity contribution in [3.8, 4) is 28.0 Å². The highest BCUT2D eigenvalue weighted by Crippen LogP contribution is 2.41. The fourth-order valence-corrected chi connectivity index (χ4v) is 4.90. The standard InChI is InChI=1S/C35H35F2NO4/c36-29-17-10-15-26(20-29)31-22-28(23-32(34(31)42-24-33(39)40)27-16-11-18-30(37)21-27)35(41)38-19-9-4-2-1-3-6-12-25-13-7-5-8-14-25/h5,7-8,10-11,13-18,20-23H,1-4,6,9,12,19,24H2,(H,38,41)(H,39,40). The zero-order valence-corrected chi connectivity index (χ0v) is 23.5. The first-order valence-electron chi connectivity index (χ1n) is 14.3. The van der Waals surface area contributed by atoms with E-state index >= 15 is 0 Å². The first kappa shape index (κ1) is 30.4. The number of halogens is 2. The quantitative estimate of drug-likeness (QED) is 0.142. The molecule has 0 fully saturated rings. The van der Waals surface area contributed by atoms with Gasteiger partial charge in [0.05, 0.1) is 0 Å². The molecule has 5 nitrogen and oxygen atoms in total. The number of aliphatic carboxylic acids is 1. The van der Waals surface area contributed by atoms with Crippen molar-refractivity contribution in [1.29, 1.82) is 0 Å². The Morgan fingerprint density at radius 1 is 0.690 bits per heavy atom. The zero-order chi connectivity index (χ0) is 29.7. The summed E-state index contributed by atoms with van der Waals surface area (Å²) >= 11 is 0. The minimum atomic E-state index is -1.21. The van der Waals surface area contributed by atoms with Crippen LogP contribution in [0.2, 0.25) is 0 Å². The molecule has 4 aromatic rings. The summed E-state index contributed by atoms with van der Waals surface area (Å²) in [6.45, 7) is -0.173. The average molecular weight is 572 g/mol. The summed E-state index contributed by atoms with van der Waals surface area (Å²) in [5, 5.41) is 12.2. The molecule has 4 rings (SSSR count). The minimum absolute atomic E-state index is 0.123. The van der Waals surface area contributed by atoms with Crippen LogP contribution < -0.4 is 10.1 Å². The van der Waals surface area contributed by atoms with E-state index < -0.39 is 24.2 Å². The molecule has 0 aromatic heterocycles. The Morgan fingerprint density at radius 2 is 1.26 bits per heavy atom. The van der Waals surface area contributed by atoms with Crippen molar-refractivity contribution in [1.82, 2.24) is 5.32 Å². The van der Waals surface area contributed by atoms with Crippen molar-refractivity contribution in [3.05, 3.63) is 114 Å². The van der Waals surface area contributed by atoms with Crippen LogP contribution in [0.1, 0.15) is 54.4 Å². The van der Waals surface area contributed by atoms with Gasteiger partial charge in [-0.25, -0.2) is 13.6 Å². The molecule has 0 saturated heterocycles. The predicted molar refractivity (Wildman–Crippen MR) is 161 cm³/mol. The van der Waals surface area contributed by atoms with Gasteiger partial charge in [0.1, 0.15) is 17.4 Å². The third-order valence-corrected chi connectivity index (χ3v) is 6.98. The maximum Gasteiger partial charge on any atom is 0.341 e. The van der Waals surface area contributed by atoms with E-state index in [9.17, 15) is 23.5 Å². The highest BCUT2D eigenvalue weighted by molar-refractivity contribution is 5.99. The molecule has 2 N–H and O–H groups in total.